The maximum absolute atomic E-state index is 6.46. The summed E-state index contributed by atoms with van der Waals surface area (Å²) in [5.41, 5.74) is 3.27. The predicted octanol–water partition coefficient (Wildman–Crippen LogP) is 6.23. The van der Waals surface area contributed by atoms with Crippen molar-refractivity contribution in [2.75, 3.05) is 26.7 Å². The number of unbranched alkanes of at least 4 members (excludes halogenated alkanes) is 1. The van der Waals surface area contributed by atoms with Crippen molar-refractivity contribution in [1.82, 2.24) is 20.5 Å². The molecule has 2 N–H and O–H groups in total. The number of allylic oxidation sites excluding steroid dienone is 2. The SMILES string of the molecule is CNCCCCN(Cc1ncc(Cl)cc1Cl)CC1NC=CC=C1C(C)(C)c1ccc(Cl)cc1. The summed E-state index contributed by atoms with van der Waals surface area (Å²) in [6.07, 6.45) is 10.2. The maximum Gasteiger partial charge on any atom is 0.0730 e. The molecule has 4 nitrogen and oxygen atoms in total. The van der Waals surface area contributed by atoms with Crippen molar-refractivity contribution < 1.29 is 0 Å². The monoisotopic (exact) mass is 506 g/mol. The van der Waals surface area contributed by atoms with Gasteiger partial charge < -0.3 is 10.6 Å². The number of nitrogens with one attached hydrogen (secondary N) is 2. The lowest BCUT2D eigenvalue weighted by Crippen LogP contribution is -2.45. The van der Waals surface area contributed by atoms with Gasteiger partial charge in [-0.2, -0.15) is 0 Å². The Morgan fingerprint density at radius 2 is 1.85 bits per heavy atom. The van der Waals surface area contributed by atoms with Crippen LogP contribution in [0.4, 0.5) is 0 Å². The summed E-state index contributed by atoms with van der Waals surface area (Å²) in [5.74, 6) is 0. The van der Waals surface area contributed by atoms with Crippen molar-refractivity contribution in [2.45, 2.75) is 44.7 Å². The van der Waals surface area contributed by atoms with Gasteiger partial charge in [-0.15, -0.1) is 0 Å². The van der Waals surface area contributed by atoms with Gasteiger partial charge in [-0.05, 0) is 74.6 Å². The van der Waals surface area contributed by atoms with Crippen LogP contribution >= 0.6 is 34.8 Å². The Morgan fingerprint density at radius 1 is 1.09 bits per heavy atom. The summed E-state index contributed by atoms with van der Waals surface area (Å²) in [6, 6.07) is 10.1. The van der Waals surface area contributed by atoms with E-state index in [4.69, 9.17) is 34.8 Å². The Balaban J connectivity index is 1.80. The van der Waals surface area contributed by atoms with Gasteiger partial charge in [0.05, 0.1) is 21.8 Å². The molecule has 0 aliphatic carbocycles. The van der Waals surface area contributed by atoms with E-state index in [0.717, 1.165) is 43.2 Å². The van der Waals surface area contributed by atoms with E-state index in [1.54, 1.807) is 12.3 Å². The van der Waals surface area contributed by atoms with E-state index in [2.05, 4.69) is 58.6 Å². The second-order valence-corrected chi connectivity index (χ2v) is 10.2. The first kappa shape index (κ1) is 26.1. The highest BCUT2D eigenvalue weighted by molar-refractivity contribution is 6.34. The summed E-state index contributed by atoms with van der Waals surface area (Å²) in [7, 11) is 1.99. The van der Waals surface area contributed by atoms with Crippen LogP contribution in [0.5, 0.6) is 0 Å². The highest BCUT2D eigenvalue weighted by Crippen LogP contribution is 2.35. The summed E-state index contributed by atoms with van der Waals surface area (Å²) < 4.78 is 0. The van der Waals surface area contributed by atoms with Gasteiger partial charge >= 0.3 is 0 Å². The fourth-order valence-electron chi connectivity index (χ4n) is 4.26. The molecule has 0 amide bonds. The lowest BCUT2D eigenvalue weighted by molar-refractivity contribution is 0.236. The highest BCUT2D eigenvalue weighted by atomic mass is 35.5. The average molecular weight is 508 g/mol. The molecule has 0 spiro atoms. The normalized spacial score (nSPS) is 16.1. The van der Waals surface area contributed by atoms with Crippen molar-refractivity contribution in [3.05, 3.63) is 86.8 Å². The second kappa shape index (κ2) is 12.2. The molecule has 3 rings (SSSR count). The van der Waals surface area contributed by atoms with Gasteiger partial charge in [0.25, 0.3) is 0 Å². The van der Waals surface area contributed by atoms with E-state index in [1.165, 1.54) is 11.1 Å². The number of aromatic nitrogens is 1. The van der Waals surface area contributed by atoms with E-state index < -0.39 is 0 Å². The number of dihydropyridines is 1. The third kappa shape index (κ3) is 7.21. The first-order valence-electron chi connectivity index (χ1n) is 11.4. The van der Waals surface area contributed by atoms with Crippen molar-refractivity contribution in [1.29, 1.82) is 0 Å². The van der Waals surface area contributed by atoms with Gasteiger partial charge in [-0.1, -0.05) is 66.9 Å². The summed E-state index contributed by atoms with van der Waals surface area (Å²) in [4.78, 5) is 6.93. The molecule has 7 heteroatoms. The molecule has 0 radical (unpaired) electrons. The van der Waals surface area contributed by atoms with E-state index in [-0.39, 0.29) is 11.5 Å². The van der Waals surface area contributed by atoms with E-state index in [1.807, 2.05) is 25.4 Å². The zero-order valence-corrected chi connectivity index (χ0v) is 21.8. The number of hydrogen-bond donors (Lipinski definition) is 2. The predicted molar refractivity (Wildman–Crippen MR) is 141 cm³/mol. The minimum atomic E-state index is -0.152. The van der Waals surface area contributed by atoms with Gasteiger partial charge in [-0.3, -0.25) is 9.88 Å². The van der Waals surface area contributed by atoms with Crippen molar-refractivity contribution in [3.8, 4) is 0 Å². The molecule has 1 aliphatic rings. The molecule has 1 atom stereocenters. The van der Waals surface area contributed by atoms with Crippen LogP contribution in [0.1, 0.15) is 37.9 Å². The van der Waals surface area contributed by atoms with Crippen LogP contribution in [0, 0.1) is 0 Å². The van der Waals surface area contributed by atoms with Crippen molar-refractivity contribution in [2.24, 2.45) is 0 Å². The van der Waals surface area contributed by atoms with Crippen molar-refractivity contribution in [3.63, 3.8) is 0 Å². The number of nitrogens with zero attached hydrogens (tertiary/aromatic N) is 2. The first-order chi connectivity index (χ1) is 15.8. The fraction of sp³-hybridized carbons (Fsp3) is 0.423. The van der Waals surface area contributed by atoms with Crippen LogP contribution < -0.4 is 10.6 Å². The molecule has 1 aromatic heterocycles. The molecule has 33 heavy (non-hydrogen) atoms. The molecule has 0 saturated heterocycles. The number of hydrogen-bond acceptors (Lipinski definition) is 4. The fourth-order valence-corrected chi connectivity index (χ4v) is 4.82. The van der Waals surface area contributed by atoms with Crippen molar-refractivity contribution >= 4 is 34.8 Å². The Kier molecular flexibility index (Phi) is 9.66. The lowest BCUT2D eigenvalue weighted by atomic mass is 9.73. The van der Waals surface area contributed by atoms with Gasteiger partial charge in [0.15, 0.2) is 0 Å². The van der Waals surface area contributed by atoms with E-state index >= 15 is 0 Å². The zero-order valence-electron chi connectivity index (χ0n) is 19.5. The molecular weight excluding hydrogens is 475 g/mol. The topological polar surface area (TPSA) is 40.2 Å². The summed E-state index contributed by atoms with van der Waals surface area (Å²) >= 11 is 18.7. The van der Waals surface area contributed by atoms with E-state index in [9.17, 15) is 0 Å². The average Bonchev–Trinajstić information content (AvgIpc) is 2.79. The molecule has 2 heterocycles. The maximum atomic E-state index is 6.46. The smallest absolute Gasteiger partial charge is 0.0730 e. The van der Waals surface area contributed by atoms with Crippen LogP contribution in [0.2, 0.25) is 15.1 Å². The number of benzene rings is 1. The zero-order chi connectivity index (χ0) is 23.8. The third-order valence-corrected chi connectivity index (χ3v) is 6.97. The van der Waals surface area contributed by atoms with Crippen LogP contribution in [0.15, 0.2) is 60.5 Å². The molecule has 1 aromatic carbocycles. The number of halogens is 3. The van der Waals surface area contributed by atoms with Crippen LogP contribution in [-0.4, -0.2) is 42.6 Å². The molecule has 1 aliphatic heterocycles. The van der Waals surface area contributed by atoms with Gasteiger partial charge in [-0.25, -0.2) is 0 Å². The molecule has 0 bridgehead atoms. The third-order valence-electron chi connectivity index (χ3n) is 6.18. The van der Waals surface area contributed by atoms with Gasteiger partial charge in [0.1, 0.15) is 0 Å². The standard InChI is InChI=1S/C26H33Cl3N4/c1-26(2,19-8-10-20(27)11-9-19)22-7-6-13-31-24(22)17-33(14-5-4-12-30-3)18-25-23(29)15-21(28)16-32-25/h6-11,13,15-16,24,30-31H,4-5,12,14,17-18H2,1-3H3. The molecule has 0 saturated carbocycles. The Labute approximate surface area is 213 Å². The Bertz CT molecular complexity index is 970. The summed E-state index contributed by atoms with van der Waals surface area (Å²) in [6.45, 7) is 8.01. The minimum absolute atomic E-state index is 0.152. The second-order valence-electron chi connectivity index (χ2n) is 8.96. The largest absolute Gasteiger partial charge is 0.383 e. The first-order valence-corrected chi connectivity index (χ1v) is 12.5. The van der Waals surface area contributed by atoms with Crippen LogP contribution in [0.3, 0.4) is 0 Å². The minimum Gasteiger partial charge on any atom is -0.383 e. The molecular formula is C26H33Cl3N4. The Hall–Kier alpha value is -1.56. The van der Waals surface area contributed by atoms with Gasteiger partial charge in [0.2, 0.25) is 0 Å². The lowest BCUT2D eigenvalue weighted by Gasteiger charge is -2.38. The molecule has 0 fully saturated rings. The molecule has 1 unspecified atom stereocenters. The molecule has 178 valence electrons. The Morgan fingerprint density at radius 3 is 2.55 bits per heavy atom. The van der Waals surface area contributed by atoms with E-state index in [0.29, 0.717) is 16.6 Å². The quantitative estimate of drug-likeness (QED) is 0.354. The van der Waals surface area contributed by atoms with Crippen LogP contribution in [-0.2, 0) is 12.0 Å². The molecule has 2 aromatic rings. The highest BCUT2D eigenvalue weighted by Gasteiger charge is 2.32. The van der Waals surface area contributed by atoms with Gasteiger partial charge in [0, 0.05) is 29.7 Å². The summed E-state index contributed by atoms with van der Waals surface area (Å²) in [5, 5.41) is 8.74. The van der Waals surface area contributed by atoms with Crippen LogP contribution in [0.25, 0.3) is 0 Å². The number of pyridine rings is 1. The number of rotatable bonds is 11.